The summed E-state index contributed by atoms with van der Waals surface area (Å²) in [7, 11) is 1.46. The van der Waals surface area contributed by atoms with Crippen molar-refractivity contribution in [3.63, 3.8) is 0 Å². The van der Waals surface area contributed by atoms with Crippen molar-refractivity contribution in [2.45, 2.75) is 82.3 Å². The number of benzene rings is 2. The molecule has 1 aliphatic carbocycles. The predicted molar refractivity (Wildman–Crippen MR) is 122 cm³/mol. The van der Waals surface area contributed by atoms with Crippen molar-refractivity contribution in [2.75, 3.05) is 7.11 Å². The van der Waals surface area contributed by atoms with Crippen LogP contribution in [-0.2, 0) is 4.74 Å². The number of phenols is 1. The van der Waals surface area contributed by atoms with Gasteiger partial charge in [0.05, 0.1) is 23.7 Å². The fourth-order valence-electron chi connectivity index (χ4n) is 5.21. The molecule has 0 unspecified atom stereocenters. The lowest BCUT2D eigenvalue weighted by Gasteiger charge is -2.48. The number of ether oxygens (including phenoxy) is 3. The summed E-state index contributed by atoms with van der Waals surface area (Å²) in [6.07, 6.45) is -4.23. The first-order valence-electron chi connectivity index (χ1n) is 11.5. The van der Waals surface area contributed by atoms with Crippen LogP contribution in [0.1, 0.15) is 54.9 Å². The third kappa shape index (κ3) is 4.23. The van der Waals surface area contributed by atoms with Crippen molar-refractivity contribution in [3.8, 4) is 17.2 Å². The summed E-state index contributed by atoms with van der Waals surface area (Å²) in [6, 6.07) is 4.85. The van der Waals surface area contributed by atoms with Crippen molar-refractivity contribution in [2.24, 2.45) is 0 Å². The van der Waals surface area contributed by atoms with Gasteiger partial charge in [-0.15, -0.1) is 0 Å². The first-order chi connectivity index (χ1) is 16.1. The van der Waals surface area contributed by atoms with Crippen LogP contribution in [0, 0.1) is 6.92 Å². The molecule has 5 atom stereocenters. The minimum absolute atomic E-state index is 0.0522. The number of carbonyl (C=O) groups is 1. The maximum atomic E-state index is 12.2. The highest BCUT2D eigenvalue weighted by atomic mass is 16.7. The lowest BCUT2D eigenvalue weighted by atomic mass is 9.76. The molecule has 5 N–H and O–H groups in total. The molecular weight excluding hydrogens is 444 g/mol. The van der Waals surface area contributed by atoms with Gasteiger partial charge in [0.25, 0.3) is 0 Å². The number of fused-ring (bicyclic) bond motifs is 1. The Morgan fingerprint density at radius 2 is 1.74 bits per heavy atom. The molecule has 0 aromatic heterocycles. The molecule has 1 saturated heterocycles. The van der Waals surface area contributed by atoms with Crippen LogP contribution in [0.5, 0.6) is 17.2 Å². The quantitative estimate of drug-likeness (QED) is 0.409. The van der Waals surface area contributed by atoms with E-state index in [4.69, 9.17) is 14.2 Å². The molecule has 2 fully saturated rings. The third-order valence-corrected chi connectivity index (χ3v) is 7.00. The number of aromatic hydroxyl groups is 1. The Morgan fingerprint density at radius 3 is 2.35 bits per heavy atom. The van der Waals surface area contributed by atoms with E-state index in [1.165, 1.54) is 20.1 Å². The van der Waals surface area contributed by atoms with Gasteiger partial charge in [0.15, 0.2) is 5.78 Å². The standard InChI is InChI=1S/C25H32O9/c1-12-9-14-10-15(32-3)11-16(18(14)19(27)17(12)13(2)26)33-24-22(30)20(28)21(29)23(34-24)25(31)7-5-4-6-8-25/h9-11,20-24,27-31H,4-8H2,1-3H3/t20-,21-,22+,23-,24-/m0/s1. The molecule has 1 aliphatic heterocycles. The summed E-state index contributed by atoms with van der Waals surface area (Å²) in [5.41, 5.74) is -0.668. The van der Waals surface area contributed by atoms with Gasteiger partial charge in [-0.1, -0.05) is 25.3 Å². The maximum absolute atomic E-state index is 12.2. The third-order valence-electron chi connectivity index (χ3n) is 7.00. The number of carbonyl (C=O) groups excluding carboxylic acids is 1. The SMILES string of the molecule is COc1cc(O[C@H]2O[C@H](C3(O)CCCCC3)[C@@H](O)[C@H](O)[C@H]2O)c2c(O)c(C(C)=O)c(C)cc2c1. The molecule has 34 heavy (non-hydrogen) atoms. The summed E-state index contributed by atoms with van der Waals surface area (Å²) in [5, 5.41) is 54.6. The second kappa shape index (κ2) is 9.31. The summed E-state index contributed by atoms with van der Waals surface area (Å²) >= 11 is 0. The normalized spacial score (nSPS) is 29.1. The van der Waals surface area contributed by atoms with Gasteiger partial charge in [0.2, 0.25) is 6.29 Å². The predicted octanol–water partition coefficient (Wildman–Crippen LogP) is 1.95. The van der Waals surface area contributed by atoms with E-state index < -0.39 is 36.3 Å². The number of rotatable bonds is 5. The Hall–Kier alpha value is -2.43. The number of hydrogen-bond acceptors (Lipinski definition) is 9. The summed E-state index contributed by atoms with van der Waals surface area (Å²) in [5.74, 6) is -0.166. The first kappa shape index (κ1) is 24.7. The van der Waals surface area contributed by atoms with Crippen LogP contribution in [0.2, 0.25) is 0 Å². The highest BCUT2D eigenvalue weighted by molar-refractivity contribution is 6.07. The molecule has 2 aromatic carbocycles. The van der Waals surface area contributed by atoms with E-state index in [1.807, 2.05) is 0 Å². The molecule has 1 heterocycles. The molecule has 2 aromatic rings. The van der Waals surface area contributed by atoms with E-state index in [1.54, 1.807) is 19.1 Å². The zero-order chi connectivity index (χ0) is 24.8. The topological polar surface area (TPSA) is 146 Å². The fraction of sp³-hybridized carbons (Fsp3) is 0.560. The van der Waals surface area contributed by atoms with Crippen molar-refractivity contribution >= 4 is 16.6 Å². The Morgan fingerprint density at radius 1 is 1.06 bits per heavy atom. The monoisotopic (exact) mass is 476 g/mol. The number of phenolic OH excluding ortho intramolecular Hbond substituents is 1. The van der Waals surface area contributed by atoms with E-state index >= 15 is 0 Å². The first-order valence-corrected chi connectivity index (χ1v) is 11.5. The van der Waals surface area contributed by atoms with Crippen molar-refractivity contribution in [3.05, 3.63) is 29.3 Å². The number of hydrogen-bond donors (Lipinski definition) is 5. The van der Waals surface area contributed by atoms with E-state index in [9.17, 15) is 30.3 Å². The van der Waals surface area contributed by atoms with Gasteiger partial charge in [0, 0.05) is 6.07 Å². The minimum Gasteiger partial charge on any atom is -0.506 e. The van der Waals surface area contributed by atoms with Gasteiger partial charge in [0.1, 0.15) is 41.7 Å². The zero-order valence-electron chi connectivity index (χ0n) is 19.5. The lowest BCUT2D eigenvalue weighted by Crippen LogP contribution is -2.65. The smallest absolute Gasteiger partial charge is 0.229 e. The van der Waals surface area contributed by atoms with E-state index in [-0.39, 0.29) is 28.2 Å². The number of aryl methyl sites for hydroxylation is 1. The Bertz CT molecular complexity index is 1080. The molecular formula is C25H32O9. The average Bonchev–Trinajstić information content (AvgIpc) is 2.78. The second-order valence-electron chi connectivity index (χ2n) is 9.38. The largest absolute Gasteiger partial charge is 0.506 e. The summed E-state index contributed by atoms with van der Waals surface area (Å²) in [6.45, 7) is 3.05. The molecule has 0 amide bonds. The van der Waals surface area contributed by atoms with Gasteiger partial charge >= 0.3 is 0 Å². The minimum atomic E-state index is -1.64. The maximum Gasteiger partial charge on any atom is 0.229 e. The highest BCUT2D eigenvalue weighted by Crippen LogP contribution is 2.43. The van der Waals surface area contributed by atoms with Crippen LogP contribution in [0.3, 0.4) is 0 Å². The van der Waals surface area contributed by atoms with E-state index in [0.29, 0.717) is 29.5 Å². The van der Waals surface area contributed by atoms with Crippen LogP contribution in [0.15, 0.2) is 18.2 Å². The fourth-order valence-corrected chi connectivity index (χ4v) is 5.21. The number of methoxy groups -OCH3 is 1. The van der Waals surface area contributed by atoms with Crippen molar-refractivity contribution < 1.29 is 44.5 Å². The van der Waals surface area contributed by atoms with Gasteiger partial charge in [-0.05, 0) is 43.7 Å². The average molecular weight is 477 g/mol. The second-order valence-corrected chi connectivity index (χ2v) is 9.38. The van der Waals surface area contributed by atoms with Crippen molar-refractivity contribution in [1.29, 1.82) is 0 Å². The number of aliphatic hydroxyl groups is 4. The Kier molecular flexibility index (Phi) is 6.76. The van der Waals surface area contributed by atoms with Crippen LogP contribution in [-0.4, -0.2) is 74.7 Å². The zero-order valence-corrected chi connectivity index (χ0v) is 19.5. The number of ketones is 1. The molecule has 9 nitrogen and oxygen atoms in total. The number of Topliss-reactive ketones (excluding diaryl/α,β-unsaturated/α-hetero) is 1. The van der Waals surface area contributed by atoms with E-state index in [2.05, 4.69) is 0 Å². The van der Waals surface area contributed by atoms with Gasteiger partial charge in [-0.25, -0.2) is 0 Å². The lowest BCUT2D eigenvalue weighted by molar-refractivity contribution is -0.308. The highest BCUT2D eigenvalue weighted by Gasteiger charge is 2.53. The molecule has 186 valence electrons. The Balaban J connectivity index is 1.77. The van der Waals surface area contributed by atoms with Gasteiger partial charge < -0.3 is 39.7 Å². The van der Waals surface area contributed by atoms with Crippen LogP contribution in [0.25, 0.3) is 10.8 Å². The van der Waals surface area contributed by atoms with Crippen LogP contribution in [0.4, 0.5) is 0 Å². The van der Waals surface area contributed by atoms with Crippen LogP contribution < -0.4 is 9.47 Å². The van der Waals surface area contributed by atoms with Crippen molar-refractivity contribution in [1.82, 2.24) is 0 Å². The molecule has 0 spiro atoms. The van der Waals surface area contributed by atoms with E-state index in [0.717, 1.165) is 19.3 Å². The molecule has 4 rings (SSSR count). The van der Waals surface area contributed by atoms with Crippen LogP contribution >= 0.6 is 0 Å². The molecule has 9 heteroatoms. The number of aliphatic hydroxyl groups excluding tert-OH is 3. The van der Waals surface area contributed by atoms with Gasteiger partial charge in [-0.2, -0.15) is 0 Å². The molecule has 2 aliphatic rings. The molecule has 1 saturated carbocycles. The molecule has 0 radical (unpaired) electrons. The summed E-state index contributed by atoms with van der Waals surface area (Å²) in [4.78, 5) is 12.2. The van der Waals surface area contributed by atoms with Gasteiger partial charge in [-0.3, -0.25) is 4.79 Å². The summed E-state index contributed by atoms with van der Waals surface area (Å²) < 4.78 is 17.2. The molecule has 0 bridgehead atoms. The Labute approximate surface area is 197 Å².